The molecule has 0 aliphatic carbocycles. The quantitative estimate of drug-likeness (QED) is 0.181. The minimum Gasteiger partial charge on any atom is -0.487 e. The fraction of sp³-hybridized carbons (Fsp3) is 0.200. The van der Waals surface area contributed by atoms with E-state index in [1.807, 2.05) is 67.6 Å². The maximum Gasteiger partial charge on any atom is 0.303 e. The summed E-state index contributed by atoms with van der Waals surface area (Å²) in [5, 5.41) is 29.5. The lowest BCUT2D eigenvalue weighted by Gasteiger charge is -2.11. The number of rotatable bonds is 12. The summed E-state index contributed by atoms with van der Waals surface area (Å²) in [6.45, 7) is 2.65. The third kappa shape index (κ3) is 7.23. The number of carboxylic acids is 1. The lowest BCUT2D eigenvalue weighted by atomic mass is 10.0. The van der Waals surface area contributed by atoms with Crippen molar-refractivity contribution < 1.29 is 24.0 Å². The van der Waals surface area contributed by atoms with E-state index in [9.17, 15) is 4.79 Å². The second-order valence-electron chi connectivity index (χ2n) is 8.74. The zero-order chi connectivity index (χ0) is 27.6. The summed E-state index contributed by atoms with van der Waals surface area (Å²) in [5.41, 5.74) is 6.39. The van der Waals surface area contributed by atoms with E-state index in [2.05, 4.69) is 21.7 Å². The number of ether oxygens (including phenoxy) is 1. The molecule has 2 N–H and O–H groups in total. The van der Waals surface area contributed by atoms with Gasteiger partial charge in [-0.25, -0.2) is 0 Å². The molecule has 0 unspecified atom stereocenters. The molecule has 0 aliphatic rings. The zero-order valence-corrected chi connectivity index (χ0v) is 21.7. The Balaban J connectivity index is 1.32. The minimum absolute atomic E-state index is 0.0254. The van der Waals surface area contributed by atoms with Crippen LogP contribution in [0, 0.1) is 18.3 Å². The highest BCUT2D eigenvalue weighted by Crippen LogP contribution is 2.28. The zero-order valence-electron chi connectivity index (χ0n) is 21.7. The molecule has 0 fully saturated rings. The normalized spacial score (nSPS) is 11.1. The number of nitrogens with one attached hydrogen (secondary N) is 1. The van der Waals surface area contributed by atoms with Crippen LogP contribution in [0.5, 0.6) is 5.75 Å². The fourth-order valence-electron chi connectivity index (χ4n) is 3.95. The highest BCUT2D eigenvalue weighted by atomic mass is 16.6. The molecule has 1 aromatic heterocycles. The Hall–Kier alpha value is -5.10. The molecule has 0 saturated heterocycles. The van der Waals surface area contributed by atoms with Crippen molar-refractivity contribution in [2.75, 3.05) is 19.0 Å². The standard InChI is InChI=1S/C30H28N4O5/c1-20-27(15-16-29(35)36)30(39-33-20)24-9-11-25(12-10-24)32-18-22-5-13-26(14-6-22)38-19-28(34-37-2)23-7-3-21(17-31)4-8-23/h3-14,32H,15-16,18-19H2,1-2H3,(H,35,36). The van der Waals surface area contributed by atoms with Gasteiger partial charge in [0.25, 0.3) is 0 Å². The van der Waals surface area contributed by atoms with Gasteiger partial charge < -0.3 is 24.5 Å². The van der Waals surface area contributed by atoms with Crippen molar-refractivity contribution in [2.45, 2.75) is 26.3 Å². The molecule has 4 aromatic rings. The van der Waals surface area contributed by atoms with Crippen LogP contribution in [0.3, 0.4) is 0 Å². The summed E-state index contributed by atoms with van der Waals surface area (Å²) in [4.78, 5) is 15.9. The van der Waals surface area contributed by atoms with Crippen LogP contribution < -0.4 is 10.1 Å². The van der Waals surface area contributed by atoms with E-state index in [1.54, 1.807) is 12.1 Å². The van der Waals surface area contributed by atoms with E-state index in [4.69, 9.17) is 24.5 Å². The summed E-state index contributed by atoms with van der Waals surface area (Å²) < 4.78 is 11.4. The molecular formula is C30H28N4O5. The number of benzene rings is 3. The average Bonchev–Trinajstić information content (AvgIpc) is 3.34. The number of aliphatic carboxylic acids is 1. The summed E-state index contributed by atoms with van der Waals surface area (Å²) in [6, 6.07) is 24.7. The van der Waals surface area contributed by atoms with Gasteiger partial charge in [0.2, 0.25) is 0 Å². The van der Waals surface area contributed by atoms with Crippen LogP contribution in [0.15, 0.2) is 82.5 Å². The molecule has 0 spiro atoms. The van der Waals surface area contributed by atoms with Crippen LogP contribution in [0.25, 0.3) is 11.3 Å². The molecule has 4 rings (SSSR count). The molecule has 3 aromatic carbocycles. The van der Waals surface area contributed by atoms with E-state index in [1.165, 1.54) is 7.11 Å². The largest absolute Gasteiger partial charge is 0.487 e. The fourth-order valence-corrected chi connectivity index (χ4v) is 3.95. The molecule has 0 saturated carbocycles. The number of carbonyl (C=O) groups is 1. The Morgan fingerprint density at radius 3 is 2.44 bits per heavy atom. The minimum atomic E-state index is -0.853. The van der Waals surface area contributed by atoms with Gasteiger partial charge in [0.15, 0.2) is 5.76 Å². The van der Waals surface area contributed by atoms with Crippen LogP contribution in [0.1, 0.15) is 34.4 Å². The second kappa shape index (κ2) is 12.9. The summed E-state index contributed by atoms with van der Waals surface area (Å²) in [5.74, 6) is 0.448. The SMILES string of the molecule is CON=C(COc1ccc(CNc2ccc(-c3onc(C)c3CCC(=O)O)cc2)cc1)c1ccc(C#N)cc1. The number of hydrogen-bond donors (Lipinski definition) is 2. The van der Waals surface area contributed by atoms with Crippen molar-refractivity contribution in [3.63, 3.8) is 0 Å². The van der Waals surface area contributed by atoms with Gasteiger partial charge >= 0.3 is 5.97 Å². The predicted molar refractivity (Wildman–Crippen MR) is 147 cm³/mol. The predicted octanol–water partition coefficient (Wildman–Crippen LogP) is 5.58. The Morgan fingerprint density at radius 2 is 1.79 bits per heavy atom. The van der Waals surface area contributed by atoms with E-state index >= 15 is 0 Å². The smallest absolute Gasteiger partial charge is 0.303 e. The van der Waals surface area contributed by atoms with Gasteiger partial charge in [-0.15, -0.1) is 0 Å². The van der Waals surface area contributed by atoms with Crippen molar-refractivity contribution in [3.05, 3.63) is 101 Å². The molecule has 198 valence electrons. The van der Waals surface area contributed by atoms with E-state index in [0.29, 0.717) is 41.4 Å². The molecule has 0 radical (unpaired) electrons. The highest BCUT2D eigenvalue weighted by Gasteiger charge is 2.16. The number of nitrogens with zero attached hydrogens (tertiary/aromatic N) is 3. The number of aryl methyl sites for hydroxylation is 1. The second-order valence-corrected chi connectivity index (χ2v) is 8.74. The number of oxime groups is 1. The number of aromatic nitrogens is 1. The van der Waals surface area contributed by atoms with Gasteiger partial charge in [0, 0.05) is 35.3 Å². The molecule has 39 heavy (non-hydrogen) atoms. The van der Waals surface area contributed by atoms with Crippen LogP contribution in [0.4, 0.5) is 5.69 Å². The number of anilines is 1. The van der Waals surface area contributed by atoms with Gasteiger partial charge in [-0.2, -0.15) is 5.26 Å². The Morgan fingerprint density at radius 1 is 1.08 bits per heavy atom. The first-order chi connectivity index (χ1) is 19.0. The van der Waals surface area contributed by atoms with Crippen LogP contribution in [-0.2, 0) is 22.6 Å². The summed E-state index contributed by atoms with van der Waals surface area (Å²) in [7, 11) is 1.48. The number of carboxylic acid groups (broad SMARTS) is 1. The molecule has 9 heteroatoms. The average molecular weight is 525 g/mol. The molecule has 1 heterocycles. The Bertz CT molecular complexity index is 1470. The first-order valence-corrected chi connectivity index (χ1v) is 12.3. The van der Waals surface area contributed by atoms with Gasteiger partial charge in [-0.1, -0.05) is 34.6 Å². The third-order valence-electron chi connectivity index (χ3n) is 6.06. The van der Waals surface area contributed by atoms with E-state index in [-0.39, 0.29) is 13.0 Å². The van der Waals surface area contributed by atoms with Gasteiger partial charge in [-0.3, -0.25) is 4.79 Å². The molecular weight excluding hydrogens is 496 g/mol. The summed E-state index contributed by atoms with van der Waals surface area (Å²) in [6.07, 6.45) is 0.396. The molecule has 9 nitrogen and oxygen atoms in total. The lowest BCUT2D eigenvalue weighted by molar-refractivity contribution is -0.136. The molecule has 0 amide bonds. The molecule has 0 atom stereocenters. The van der Waals surface area contributed by atoms with E-state index < -0.39 is 5.97 Å². The summed E-state index contributed by atoms with van der Waals surface area (Å²) >= 11 is 0. The van der Waals surface area contributed by atoms with Gasteiger partial charge in [-0.05, 0) is 67.4 Å². The van der Waals surface area contributed by atoms with Gasteiger partial charge in [0.1, 0.15) is 25.2 Å². The van der Waals surface area contributed by atoms with Crippen LogP contribution in [0.2, 0.25) is 0 Å². The lowest BCUT2D eigenvalue weighted by Crippen LogP contribution is -2.13. The van der Waals surface area contributed by atoms with Crippen molar-refractivity contribution in [1.29, 1.82) is 5.26 Å². The first-order valence-electron chi connectivity index (χ1n) is 12.3. The molecule has 0 bridgehead atoms. The van der Waals surface area contributed by atoms with Crippen molar-refractivity contribution in [1.82, 2.24) is 5.16 Å². The van der Waals surface area contributed by atoms with Crippen molar-refractivity contribution in [2.24, 2.45) is 5.16 Å². The Labute approximate surface area is 226 Å². The van der Waals surface area contributed by atoms with Gasteiger partial charge in [0.05, 0.1) is 17.3 Å². The topological polar surface area (TPSA) is 130 Å². The molecule has 0 aliphatic heterocycles. The van der Waals surface area contributed by atoms with E-state index in [0.717, 1.165) is 27.9 Å². The number of nitriles is 1. The van der Waals surface area contributed by atoms with Crippen LogP contribution in [-0.4, -0.2) is 35.7 Å². The first kappa shape index (κ1) is 26.9. The maximum atomic E-state index is 11.0. The van der Waals surface area contributed by atoms with Crippen molar-refractivity contribution in [3.8, 4) is 23.1 Å². The maximum absolute atomic E-state index is 11.0. The monoisotopic (exact) mass is 524 g/mol. The highest BCUT2D eigenvalue weighted by molar-refractivity contribution is 6.01. The van der Waals surface area contributed by atoms with Crippen LogP contribution >= 0.6 is 0 Å². The Kier molecular flexibility index (Phi) is 8.93. The van der Waals surface area contributed by atoms with Crippen molar-refractivity contribution >= 4 is 17.4 Å². The number of hydrogen-bond acceptors (Lipinski definition) is 8. The third-order valence-corrected chi connectivity index (χ3v) is 6.06.